The minimum atomic E-state index is 0.669. The molecule has 0 aromatic heterocycles. The molecule has 0 aliphatic heterocycles. The second kappa shape index (κ2) is 6.99. The van der Waals surface area contributed by atoms with E-state index in [1.165, 1.54) is 36.9 Å². The molecular formula is C16H23BrClN. The van der Waals surface area contributed by atoms with Crippen LogP contribution in [-0.2, 0) is 5.33 Å². The summed E-state index contributed by atoms with van der Waals surface area (Å²) in [7, 11) is 0. The minimum Gasteiger partial charge on any atom is -0.368 e. The van der Waals surface area contributed by atoms with Crippen LogP contribution in [0.2, 0.25) is 5.02 Å². The van der Waals surface area contributed by atoms with Gasteiger partial charge in [0.25, 0.3) is 0 Å². The molecule has 0 unspecified atom stereocenters. The quantitative estimate of drug-likeness (QED) is 0.625. The van der Waals surface area contributed by atoms with Gasteiger partial charge in [-0.05, 0) is 36.5 Å². The zero-order valence-corrected chi connectivity index (χ0v) is 14.2. The lowest BCUT2D eigenvalue weighted by Gasteiger charge is -2.34. The number of anilines is 1. The fourth-order valence-corrected chi connectivity index (χ4v) is 3.61. The van der Waals surface area contributed by atoms with E-state index in [0.29, 0.717) is 12.0 Å². The Bertz CT molecular complexity index is 413. The first kappa shape index (κ1) is 15.2. The van der Waals surface area contributed by atoms with Crippen LogP contribution >= 0.6 is 27.5 Å². The highest BCUT2D eigenvalue weighted by atomic mass is 79.9. The van der Waals surface area contributed by atoms with E-state index in [1.807, 2.05) is 6.07 Å². The summed E-state index contributed by atoms with van der Waals surface area (Å²) in [6.07, 6.45) is 5.37. The molecule has 0 heterocycles. The average molecular weight is 345 g/mol. The second-order valence-corrected chi connectivity index (χ2v) is 6.89. The lowest BCUT2D eigenvalue weighted by atomic mass is 10.1. The Kier molecular flexibility index (Phi) is 5.58. The topological polar surface area (TPSA) is 3.24 Å². The van der Waals surface area contributed by atoms with E-state index in [1.54, 1.807) is 0 Å². The molecule has 3 heteroatoms. The highest BCUT2D eigenvalue weighted by Crippen LogP contribution is 2.33. The summed E-state index contributed by atoms with van der Waals surface area (Å²) in [5.41, 5.74) is 2.67. The van der Waals surface area contributed by atoms with Crippen molar-refractivity contribution in [1.82, 2.24) is 0 Å². The van der Waals surface area contributed by atoms with E-state index in [-0.39, 0.29) is 0 Å². The minimum absolute atomic E-state index is 0.669. The maximum atomic E-state index is 6.22. The molecule has 1 aromatic carbocycles. The van der Waals surface area contributed by atoms with Gasteiger partial charge in [-0.15, -0.1) is 0 Å². The molecular weight excluding hydrogens is 322 g/mol. The molecule has 1 nitrogen and oxygen atoms in total. The third-order valence-electron chi connectivity index (χ3n) is 3.83. The Balaban J connectivity index is 2.32. The van der Waals surface area contributed by atoms with Crippen molar-refractivity contribution in [3.63, 3.8) is 0 Å². The predicted molar refractivity (Wildman–Crippen MR) is 88.5 cm³/mol. The Morgan fingerprint density at radius 3 is 2.58 bits per heavy atom. The lowest BCUT2D eigenvalue weighted by molar-refractivity contribution is 0.535. The molecule has 0 N–H and O–H groups in total. The van der Waals surface area contributed by atoms with Gasteiger partial charge >= 0.3 is 0 Å². The number of alkyl halides is 1. The van der Waals surface area contributed by atoms with Crippen LogP contribution < -0.4 is 4.90 Å². The summed E-state index contributed by atoms with van der Waals surface area (Å²) in [5.74, 6) is 0.669. The Morgan fingerprint density at radius 2 is 2.00 bits per heavy atom. The SMILES string of the molecule is CC(C)CN(c1cc(Cl)ccc1CBr)C1CCCC1. The van der Waals surface area contributed by atoms with Crippen molar-refractivity contribution >= 4 is 33.2 Å². The van der Waals surface area contributed by atoms with E-state index in [9.17, 15) is 0 Å². The van der Waals surface area contributed by atoms with Crippen LogP contribution in [0.3, 0.4) is 0 Å². The third kappa shape index (κ3) is 3.88. The van der Waals surface area contributed by atoms with Crippen LogP contribution in [0.25, 0.3) is 0 Å². The van der Waals surface area contributed by atoms with E-state index < -0.39 is 0 Å². The van der Waals surface area contributed by atoms with Crippen molar-refractivity contribution in [2.24, 2.45) is 5.92 Å². The molecule has 1 aliphatic carbocycles. The molecule has 106 valence electrons. The van der Waals surface area contributed by atoms with Crippen LogP contribution in [0.4, 0.5) is 5.69 Å². The number of halogens is 2. The fraction of sp³-hybridized carbons (Fsp3) is 0.625. The monoisotopic (exact) mass is 343 g/mol. The largest absolute Gasteiger partial charge is 0.368 e. The van der Waals surface area contributed by atoms with Crippen molar-refractivity contribution in [3.8, 4) is 0 Å². The van der Waals surface area contributed by atoms with Crippen LogP contribution in [0.5, 0.6) is 0 Å². The molecule has 0 atom stereocenters. The molecule has 1 saturated carbocycles. The Hall–Kier alpha value is -0.210. The van der Waals surface area contributed by atoms with Crippen LogP contribution in [0.15, 0.2) is 18.2 Å². The van der Waals surface area contributed by atoms with Gasteiger partial charge in [-0.25, -0.2) is 0 Å². The molecule has 0 amide bonds. The molecule has 2 rings (SSSR count). The Labute approximate surface area is 130 Å². The fourth-order valence-electron chi connectivity index (χ4n) is 2.97. The Morgan fingerprint density at radius 1 is 1.32 bits per heavy atom. The van der Waals surface area contributed by atoms with E-state index >= 15 is 0 Å². The summed E-state index contributed by atoms with van der Waals surface area (Å²) in [5, 5.41) is 1.73. The highest BCUT2D eigenvalue weighted by molar-refractivity contribution is 9.08. The van der Waals surface area contributed by atoms with Crippen molar-refractivity contribution in [3.05, 3.63) is 28.8 Å². The van der Waals surface area contributed by atoms with Gasteiger partial charge in [-0.1, -0.05) is 60.3 Å². The third-order valence-corrected chi connectivity index (χ3v) is 4.67. The number of hydrogen-bond acceptors (Lipinski definition) is 1. The molecule has 1 aromatic rings. The van der Waals surface area contributed by atoms with Gasteiger partial charge in [0.1, 0.15) is 0 Å². The number of rotatable bonds is 5. The standard InChI is InChI=1S/C16H23BrClN/c1-12(2)11-19(15-5-3-4-6-15)16-9-14(18)8-7-13(16)10-17/h7-9,12,15H,3-6,10-11H2,1-2H3. The zero-order chi connectivity index (χ0) is 13.8. The smallest absolute Gasteiger partial charge is 0.0426 e. The van der Waals surface area contributed by atoms with Gasteiger partial charge in [-0.2, -0.15) is 0 Å². The predicted octanol–water partition coefficient (Wildman–Crippen LogP) is 5.64. The highest BCUT2D eigenvalue weighted by Gasteiger charge is 2.25. The second-order valence-electron chi connectivity index (χ2n) is 5.89. The summed E-state index contributed by atoms with van der Waals surface area (Å²) in [4.78, 5) is 2.60. The molecule has 1 aliphatic rings. The average Bonchev–Trinajstić information content (AvgIpc) is 2.89. The van der Waals surface area contributed by atoms with Crippen molar-refractivity contribution < 1.29 is 0 Å². The molecule has 19 heavy (non-hydrogen) atoms. The van der Waals surface area contributed by atoms with Crippen molar-refractivity contribution in [2.45, 2.75) is 50.9 Å². The first-order chi connectivity index (χ1) is 9.11. The van der Waals surface area contributed by atoms with Gasteiger partial charge in [-0.3, -0.25) is 0 Å². The summed E-state index contributed by atoms with van der Waals surface area (Å²) < 4.78 is 0. The van der Waals surface area contributed by atoms with Gasteiger partial charge in [0.2, 0.25) is 0 Å². The summed E-state index contributed by atoms with van der Waals surface area (Å²) in [6.45, 7) is 5.70. The van der Waals surface area contributed by atoms with Crippen LogP contribution in [0, 0.1) is 5.92 Å². The zero-order valence-electron chi connectivity index (χ0n) is 11.8. The van der Waals surface area contributed by atoms with Gasteiger partial charge in [0.05, 0.1) is 0 Å². The van der Waals surface area contributed by atoms with Crippen LogP contribution in [-0.4, -0.2) is 12.6 Å². The molecule has 0 bridgehead atoms. The van der Waals surface area contributed by atoms with E-state index in [2.05, 4.69) is 46.8 Å². The van der Waals surface area contributed by atoms with Gasteiger partial charge in [0.15, 0.2) is 0 Å². The number of hydrogen-bond donors (Lipinski definition) is 0. The van der Waals surface area contributed by atoms with E-state index in [0.717, 1.165) is 16.9 Å². The van der Waals surface area contributed by atoms with Crippen LogP contribution in [0.1, 0.15) is 45.1 Å². The maximum absolute atomic E-state index is 6.22. The van der Waals surface area contributed by atoms with Crippen molar-refractivity contribution in [1.29, 1.82) is 0 Å². The van der Waals surface area contributed by atoms with Gasteiger partial charge in [0, 0.05) is 28.6 Å². The summed E-state index contributed by atoms with van der Waals surface area (Å²) >= 11 is 9.83. The van der Waals surface area contributed by atoms with E-state index in [4.69, 9.17) is 11.6 Å². The number of benzene rings is 1. The molecule has 1 fully saturated rings. The van der Waals surface area contributed by atoms with Crippen molar-refractivity contribution in [2.75, 3.05) is 11.4 Å². The molecule has 0 spiro atoms. The number of nitrogens with zero attached hydrogens (tertiary/aromatic N) is 1. The molecule has 0 radical (unpaired) electrons. The lowest BCUT2D eigenvalue weighted by Crippen LogP contribution is -2.36. The normalized spacial score (nSPS) is 16.3. The summed E-state index contributed by atoms with van der Waals surface area (Å²) in [6, 6.07) is 6.97. The molecule has 0 saturated heterocycles. The van der Waals surface area contributed by atoms with Gasteiger partial charge < -0.3 is 4.90 Å². The first-order valence-corrected chi connectivity index (χ1v) is 8.72. The maximum Gasteiger partial charge on any atom is 0.0426 e. The first-order valence-electron chi connectivity index (χ1n) is 7.23.